The fourth-order valence-corrected chi connectivity index (χ4v) is 4.90. The van der Waals surface area contributed by atoms with Gasteiger partial charge in [0.2, 0.25) is 10.0 Å². The maximum atomic E-state index is 13.2. The standard InChI is InChI=1S/C19H17ClF4N2O3S/c20-17-6-5-14(30(28,29)26-7-1-2-8-26)10-15(17)18(27)25-11-12-3-4-13(21)9-16(12)19(22,23)24/h3-6,9-10H,1-2,7-8,11H2,(H,25,27). The third kappa shape index (κ3) is 4.76. The van der Waals surface area contributed by atoms with E-state index in [1.165, 1.54) is 16.4 Å². The Morgan fingerprint density at radius 2 is 1.77 bits per heavy atom. The zero-order chi connectivity index (χ0) is 22.1. The molecule has 0 radical (unpaired) electrons. The summed E-state index contributed by atoms with van der Waals surface area (Å²) in [5.74, 6) is -1.91. The van der Waals surface area contributed by atoms with E-state index in [9.17, 15) is 30.8 Å². The maximum Gasteiger partial charge on any atom is 0.416 e. The van der Waals surface area contributed by atoms with Crippen LogP contribution in [0.1, 0.15) is 34.3 Å². The average Bonchev–Trinajstić information content (AvgIpc) is 3.22. The summed E-state index contributed by atoms with van der Waals surface area (Å²) in [6.45, 7) is 0.196. The fourth-order valence-electron chi connectivity index (χ4n) is 3.15. The molecule has 1 aliphatic rings. The first kappa shape index (κ1) is 22.5. The molecule has 1 fully saturated rings. The zero-order valence-electron chi connectivity index (χ0n) is 15.5. The largest absolute Gasteiger partial charge is 0.416 e. The number of amides is 1. The predicted octanol–water partition coefficient (Wildman–Crippen LogP) is 4.21. The molecule has 0 aliphatic carbocycles. The number of hydrogen-bond donors (Lipinski definition) is 1. The van der Waals surface area contributed by atoms with Crippen LogP contribution < -0.4 is 5.32 Å². The molecule has 162 valence electrons. The Bertz CT molecular complexity index is 1070. The van der Waals surface area contributed by atoms with Crippen LogP contribution in [0.15, 0.2) is 41.3 Å². The summed E-state index contributed by atoms with van der Waals surface area (Å²) >= 11 is 6.01. The van der Waals surface area contributed by atoms with Gasteiger partial charge in [-0.05, 0) is 48.7 Å². The molecule has 3 rings (SSSR count). The number of alkyl halides is 3. The van der Waals surface area contributed by atoms with Gasteiger partial charge >= 0.3 is 6.18 Å². The highest BCUT2D eigenvalue weighted by atomic mass is 35.5. The second-order valence-corrected chi connectivity index (χ2v) is 9.08. The minimum Gasteiger partial charge on any atom is -0.348 e. The normalized spacial score (nSPS) is 15.4. The zero-order valence-corrected chi connectivity index (χ0v) is 17.0. The first-order chi connectivity index (χ1) is 14.0. The number of benzene rings is 2. The van der Waals surface area contributed by atoms with Crippen LogP contribution in [0.4, 0.5) is 17.6 Å². The summed E-state index contributed by atoms with van der Waals surface area (Å²) in [5, 5.41) is 2.23. The maximum absolute atomic E-state index is 13.2. The van der Waals surface area contributed by atoms with Crippen molar-refractivity contribution in [2.45, 2.75) is 30.5 Å². The lowest BCUT2D eigenvalue weighted by molar-refractivity contribution is -0.138. The molecule has 1 aliphatic heterocycles. The number of rotatable bonds is 5. The molecule has 1 saturated heterocycles. The Morgan fingerprint density at radius 1 is 1.10 bits per heavy atom. The van der Waals surface area contributed by atoms with Crippen LogP contribution in [0.3, 0.4) is 0 Å². The summed E-state index contributed by atoms with van der Waals surface area (Å²) in [7, 11) is -3.81. The number of carbonyl (C=O) groups excluding carboxylic acids is 1. The molecule has 0 bridgehead atoms. The summed E-state index contributed by atoms with van der Waals surface area (Å²) in [5.41, 5.74) is -1.74. The molecular formula is C19H17ClF4N2O3S. The van der Waals surface area contributed by atoms with Gasteiger partial charge in [-0.25, -0.2) is 12.8 Å². The van der Waals surface area contributed by atoms with Crippen molar-refractivity contribution in [3.8, 4) is 0 Å². The van der Waals surface area contributed by atoms with Crippen LogP contribution in [0.25, 0.3) is 0 Å². The minimum absolute atomic E-state index is 0.0528. The van der Waals surface area contributed by atoms with E-state index >= 15 is 0 Å². The molecule has 2 aromatic rings. The molecule has 11 heteroatoms. The van der Waals surface area contributed by atoms with Crippen molar-refractivity contribution >= 4 is 27.5 Å². The topological polar surface area (TPSA) is 66.5 Å². The molecule has 1 heterocycles. The lowest BCUT2D eigenvalue weighted by atomic mass is 10.1. The highest BCUT2D eigenvalue weighted by Gasteiger charge is 2.34. The Balaban J connectivity index is 1.83. The van der Waals surface area contributed by atoms with Gasteiger partial charge in [-0.15, -0.1) is 0 Å². The second kappa shape index (κ2) is 8.52. The molecule has 1 amide bonds. The molecule has 0 saturated carbocycles. The van der Waals surface area contributed by atoms with Gasteiger partial charge in [-0.3, -0.25) is 4.79 Å². The van der Waals surface area contributed by atoms with Crippen LogP contribution in [-0.4, -0.2) is 31.7 Å². The lowest BCUT2D eigenvalue weighted by Crippen LogP contribution is -2.29. The monoisotopic (exact) mass is 464 g/mol. The molecule has 2 aromatic carbocycles. The smallest absolute Gasteiger partial charge is 0.348 e. The van der Waals surface area contributed by atoms with Gasteiger partial charge in [0.1, 0.15) is 5.82 Å². The summed E-state index contributed by atoms with van der Waals surface area (Å²) in [6, 6.07) is 5.74. The van der Waals surface area contributed by atoms with Crippen molar-refractivity contribution in [1.29, 1.82) is 0 Å². The third-order valence-electron chi connectivity index (χ3n) is 4.70. The van der Waals surface area contributed by atoms with Gasteiger partial charge in [0.15, 0.2) is 0 Å². The third-order valence-corrected chi connectivity index (χ3v) is 6.93. The summed E-state index contributed by atoms with van der Waals surface area (Å²) < 4.78 is 79.2. The van der Waals surface area contributed by atoms with Crippen molar-refractivity contribution in [3.63, 3.8) is 0 Å². The summed E-state index contributed by atoms with van der Waals surface area (Å²) in [6.07, 6.45) is -3.33. The number of nitrogens with one attached hydrogen (secondary N) is 1. The van der Waals surface area contributed by atoms with Gasteiger partial charge in [-0.2, -0.15) is 17.5 Å². The van der Waals surface area contributed by atoms with Gasteiger partial charge in [-0.1, -0.05) is 17.7 Å². The van der Waals surface area contributed by atoms with E-state index in [1.807, 2.05) is 0 Å². The van der Waals surface area contributed by atoms with E-state index in [4.69, 9.17) is 11.6 Å². The minimum atomic E-state index is -4.80. The molecule has 0 atom stereocenters. The Morgan fingerprint density at radius 3 is 2.40 bits per heavy atom. The average molecular weight is 465 g/mol. The van der Waals surface area contributed by atoms with Crippen LogP contribution in [0, 0.1) is 5.82 Å². The Kier molecular flexibility index (Phi) is 6.40. The Labute approximate surface area is 175 Å². The lowest BCUT2D eigenvalue weighted by Gasteiger charge is -2.17. The van der Waals surface area contributed by atoms with Crippen LogP contribution in [-0.2, 0) is 22.7 Å². The van der Waals surface area contributed by atoms with Crippen molar-refractivity contribution in [1.82, 2.24) is 9.62 Å². The molecule has 0 aromatic heterocycles. The number of hydrogen-bond acceptors (Lipinski definition) is 3. The quantitative estimate of drug-likeness (QED) is 0.674. The fraction of sp³-hybridized carbons (Fsp3) is 0.316. The first-order valence-corrected chi connectivity index (χ1v) is 10.8. The second-order valence-electron chi connectivity index (χ2n) is 6.73. The van der Waals surface area contributed by atoms with Crippen molar-refractivity contribution in [2.75, 3.05) is 13.1 Å². The Hall–Kier alpha value is -2.17. The molecule has 1 N–H and O–H groups in total. The molecular weight excluding hydrogens is 448 g/mol. The number of nitrogens with zero attached hydrogens (tertiary/aromatic N) is 1. The highest BCUT2D eigenvalue weighted by molar-refractivity contribution is 7.89. The molecule has 0 unspecified atom stereocenters. The van der Waals surface area contributed by atoms with Gasteiger partial charge in [0.25, 0.3) is 5.91 Å². The van der Waals surface area contributed by atoms with E-state index in [1.54, 1.807) is 0 Å². The highest BCUT2D eigenvalue weighted by Crippen LogP contribution is 2.32. The van der Waals surface area contributed by atoms with Gasteiger partial charge in [0, 0.05) is 19.6 Å². The number of halogens is 5. The SMILES string of the molecule is O=C(NCc1ccc(F)cc1C(F)(F)F)c1cc(S(=O)(=O)N2CCCC2)ccc1Cl. The first-order valence-electron chi connectivity index (χ1n) is 8.93. The van der Waals surface area contributed by atoms with E-state index in [2.05, 4.69) is 5.32 Å². The molecule has 0 spiro atoms. The van der Waals surface area contributed by atoms with Crippen molar-refractivity contribution < 1.29 is 30.8 Å². The van der Waals surface area contributed by atoms with Crippen LogP contribution in [0.2, 0.25) is 5.02 Å². The predicted molar refractivity (Wildman–Crippen MR) is 102 cm³/mol. The van der Waals surface area contributed by atoms with E-state index in [0.29, 0.717) is 19.2 Å². The van der Waals surface area contributed by atoms with E-state index in [-0.39, 0.29) is 21.0 Å². The molecule has 30 heavy (non-hydrogen) atoms. The van der Waals surface area contributed by atoms with Crippen LogP contribution in [0.5, 0.6) is 0 Å². The number of sulfonamides is 1. The van der Waals surface area contributed by atoms with Gasteiger partial charge < -0.3 is 5.32 Å². The molecule has 5 nitrogen and oxygen atoms in total. The van der Waals surface area contributed by atoms with Gasteiger partial charge in [0.05, 0.1) is 21.0 Å². The van der Waals surface area contributed by atoms with Crippen molar-refractivity contribution in [2.24, 2.45) is 0 Å². The van der Waals surface area contributed by atoms with Crippen LogP contribution >= 0.6 is 11.6 Å². The van der Waals surface area contributed by atoms with E-state index < -0.39 is 40.0 Å². The summed E-state index contributed by atoms with van der Waals surface area (Å²) in [4.78, 5) is 12.4. The number of carbonyl (C=O) groups is 1. The van der Waals surface area contributed by atoms with Crippen molar-refractivity contribution in [3.05, 3.63) is 63.9 Å². The van der Waals surface area contributed by atoms with E-state index in [0.717, 1.165) is 31.0 Å².